The summed E-state index contributed by atoms with van der Waals surface area (Å²) in [7, 11) is 0. The van der Waals surface area contributed by atoms with Crippen LogP contribution in [-0.4, -0.2) is 29.3 Å². The summed E-state index contributed by atoms with van der Waals surface area (Å²) in [6.07, 6.45) is 3.00. The second kappa shape index (κ2) is 6.79. The van der Waals surface area contributed by atoms with E-state index in [0.717, 1.165) is 24.2 Å². The van der Waals surface area contributed by atoms with Crippen LogP contribution in [0.2, 0.25) is 0 Å². The molecule has 0 aromatic heterocycles. The molecule has 4 nitrogen and oxygen atoms in total. The normalized spacial score (nSPS) is 16.2. The fourth-order valence-electron chi connectivity index (χ4n) is 2.42. The largest absolute Gasteiger partial charge is 0.481 e. The van der Waals surface area contributed by atoms with Crippen LogP contribution in [0.3, 0.4) is 0 Å². The fourth-order valence-corrected chi connectivity index (χ4v) is 3.17. The Kier molecular flexibility index (Phi) is 5.06. The van der Waals surface area contributed by atoms with Crippen LogP contribution in [0.4, 0.5) is 0 Å². The summed E-state index contributed by atoms with van der Waals surface area (Å²) >= 11 is 1.49. The van der Waals surface area contributed by atoms with Gasteiger partial charge in [-0.15, -0.1) is 11.8 Å². The van der Waals surface area contributed by atoms with Gasteiger partial charge in [0.1, 0.15) is 0 Å². The molecule has 1 aromatic rings. The maximum Gasteiger partial charge on any atom is 0.303 e. The van der Waals surface area contributed by atoms with Crippen molar-refractivity contribution >= 4 is 23.6 Å². The van der Waals surface area contributed by atoms with Crippen LogP contribution in [0.15, 0.2) is 35.2 Å². The lowest BCUT2D eigenvalue weighted by molar-refractivity contribution is -0.141. The molecule has 0 unspecified atom stereocenters. The number of carbonyl (C=O) groups excluding carboxylic acids is 1. The second-order valence-corrected chi connectivity index (χ2v) is 6.35. The van der Waals surface area contributed by atoms with E-state index in [1.165, 1.54) is 11.8 Å². The summed E-state index contributed by atoms with van der Waals surface area (Å²) in [5.74, 6) is -0.444. The van der Waals surface area contributed by atoms with E-state index in [1.807, 2.05) is 30.3 Å². The molecule has 0 spiro atoms. The van der Waals surface area contributed by atoms with Gasteiger partial charge in [0.15, 0.2) is 0 Å². The summed E-state index contributed by atoms with van der Waals surface area (Å²) in [6, 6.07) is 9.76. The van der Waals surface area contributed by atoms with Crippen LogP contribution >= 0.6 is 11.8 Å². The zero-order valence-electron chi connectivity index (χ0n) is 11.3. The van der Waals surface area contributed by atoms with Crippen molar-refractivity contribution in [3.8, 4) is 0 Å². The Balaban J connectivity index is 1.73. The molecular formula is C15H19NO3S. The topological polar surface area (TPSA) is 66.4 Å². The number of amides is 1. The van der Waals surface area contributed by atoms with Gasteiger partial charge in [-0.1, -0.05) is 24.6 Å². The average molecular weight is 293 g/mol. The number of rotatable bonds is 7. The standard InChI is InChI=1S/C15H19NO3S/c17-13(10-20-12-5-2-1-3-6-12)16-11-15(7-4-8-15)9-14(18)19/h1-3,5-6H,4,7-11H2,(H,16,17)(H,18,19). The van der Waals surface area contributed by atoms with Crippen molar-refractivity contribution in [2.45, 2.75) is 30.6 Å². The number of carboxylic acid groups (broad SMARTS) is 1. The molecule has 1 fully saturated rings. The molecule has 1 aliphatic rings. The Morgan fingerprint density at radius 2 is 1.95 bits per heavy atom. The third-order valence-electron chi connectivity index (χ3n) is 3.71. The van der Waals surface area contributed by atoms with E-state index in [-0.39, 0.29) is 17.7 Å². The van der Waals surface area contributed by atoms with E-state index in [0.29, 0.717) is 12.3 Å². The maximum atomic E-state index is 11.8. The fraction of sp³-hybridized carbons (Fsp3) is 0.467. The Hall–Kier alpha value is -1.49. The molecule has 2 N–H and O–H groups in total. The number of hydrogen-bond donors (Lipinski definition) is 2. The summed E-state index contributed by atoms with van der Waals surface area (Å²) in [6.45, 7) is 0.480. The highest BCUT2D eigenvalue weighted by Gasteiger charge is 2.39. The van der Waals surface area contributed by atoms with Gasteiger partial charge in [0.05, 0.1) is 12.2 Å². The molecule has 1 saturated carbocycles. The van der Waals surface area contributed by atoms with Gasteiger partial charge in [-0.3, -0.25) is 9.59 Å². The van der Waals surface area contributed by atoms with Crippen molar-refractivity contribution in [2.24, 2.45) is 5.41 Å². The second-order valence-electron chi connectivity index (χ2n) is 5.30. The molecule has 0 radical (unpaired) electrons. The molecule has 0 aliphatic heterocycles. The van der Waals surface area contributed by atoms with E-state index >= 15 is 0 Å². The number of carboxylic acids is 1. The molecule has 1 aliphatic carbocycles. The first-order valence-corrected chi connectivity index (χ1v) is 7.75. The van der Waals surface area contributed by atoms with Crippen LogP contribution in [0.25, 0.3) is 0 Å². The summed E-state index contributed by atoms with van der Waals surface area (Å²) in [4.78, 5) is 23.7. The predicted molar refractivity (Wildman–Crippen MR) is 78.7 cm³/mol. The monoisotopic (exact) mass is 293 g/mol. The summed E-state index contributed by atoms with van der Waals surface area (Å²) in [5, 5.41) is 11.8. The third kappa shape index (κ3) is 4.27. The number of hydrogen-bond acceptors (Lipinski definition) is 3. The molecule has 1 aromatic carbocycles. The summed E-state index contributed by atoms with van der Waals surface area (Å²) in [5.41, 5.74) is -0.209. The molecule has 0 saturated heterocycles. The Morgan fingerprint density at radius 3 is 2.50 bits per heavy atom. The van der Waals surface area contributed by atoms with E-state index in [2.05, 4.69) is 5.32 Å². The smallest absolute Gasteiger partial charge is 0.303 e. The Labute approximate surface area is 123 Å². The number of nitrogens with one attached hydrogen (secondary N) is 1. The van der Waals surface area contributed by atoms with Crippen molar-refractivity contribution in [1.82, 2.24) is 5.32 Å². The predicted octanol–water partition coefficient (Wildman–Crippen LogP) is 2.54. The lowest BCUT2D eigenvalue weighted by Crippen LogP contribution is -2.44. The minimum absolute atomic E-state index is 0.0319. The molecule has 1 amide bonds. The molecule has 0 heterocycles. The molecule has 0 bridgehead atoms. The first-order valence-electron chi connectivity index (χ1n) is 6.76. The Bertz CT molecular complexity index is 471. The zero-order chi connectivity index (χ0) is 14.4. The van der Waals surface area contributed by atoms with Crippen LogP contribution in [-0.2, 0) is 9.59 Å². The van der Waals surface area contributed by atoms with E-state index < -0.39 is 5.97 Å². The number of benzene rings is 1. The van der Waals surface area contributed by atoms with Gasteiger partial charge >= 0.3 is 5.97 Å². The van der Waals surface area contributed by atoms with Crippen LogP contribution < -0.4 is 5.32 Å². The minimum Gasteiger partial charge on any atom is -0.481 e. The lowest BCUT2D eigenvalue weighted by Gasteiger charge is -2.40. The molecule has 108 valence electrons. The molecular weight excluding hydrogens is 274 g/mol. The van der Waals surface area contributed by atoms with Gasteiger partial charge in [0, 0.05) is 11.4 Å². The first kappa shape index (κ1) is 14.9. The number of thioether (sulfide) groups is 1. The van der Waals surface area contributed by atoms with Crippen molar-refractivity contribution in [2.75, 3.05) is 12.3 Å². The number of aliphatic carboxylic acids is 1. The lowest BCUT2D eigenvalue weighted by atomic mass is 9.66. The SMILES string of the molecule is O=C(O)CC1(CNC(=O)CSc2ccccc2)CCC1. The zero-order valence-corrected chi connectivity index (χ0v) is 12.1. The van der Waals surface area contributed by atoms with E-state index in [9.17, 15) is 9.59 Å². The maximum absolute atomic E-state index is 11.8. The van der Waals surface area contributed by atoms with Crippen LogP contribution in [0, 0.1) is 5.41 Å². The van der Waals surface area contributed by atoms with Crippen LogP contribution in [0.1, 0.15) is 25.7 Å². The van der Waals surface area contributed by atoms with E-state index in [4.69, 9.17) is 5.11 Å². The van der Waals surface area contributed by atoms with Gasteiger partial charge in [-0.2, -0.15) is 0 Å². The third-order valence-corrected chi connectivity index (χ3v) is 4.73. The summed E-state index contributed by atoms with van der Waals surface area (Å²) < 4.78 is 0. The highest BCUT2D eigenvalue weighted by atomic mass is 32.2. The van der Waals surface area contributed by atoms with E-state index in [1.54, 1.807) is 0 Å². The van der Waals surface area contributed by atoms with Gasteiger partial charge in [0.25, 0.3) is 0 Å². The highest BCUT2D eigenvalue weighted by molar-refractivity contribution is 8.00. The Morgan fingerprint density at radius 1 is 1.25 bits per heavy atom. The van der Waals surface area contributed by atoms with Crippen LogP contribution in [0.5, 0.6) is 0 Å². The van der Waals surface area contributed by atoms with Gasteiger partial charge in [-0.05, 0) is 30.4 Å². The highest BCUT2D eigenvalue weighted by Crippen LogP contribution is 2.43. The molecule has 2 rings (SSSR count). The van der Waals surface area contributed by atoms with Crippen molar-refractivity contribution in [3.05, 3.63) is 30.3 Å². The van der Waals surface area contributed by atoms with Gasteiger partial charge in [-0.25, -0.2) is 0 Å². The van der Waals surface area contributed by atoms with Crippen molar-refractivity contribution < 1.29 is 14.7 Å². The van der Waals surface area contributed by atoms with Gasteiger partial charge in [0.2, 0.25) is 5.91 Å². The molecule has 20 heavy (non-hydrogen) atoms. The van der Waals surface area contributed by atoms with Crippen molar-refractivity contribution in [1.29, 1.82) is 0 Å². The minimum atomic E-state index is -0.780. The molecule has 5 heteroatoms. The number of carbonyl (C=O) groups is 2. The average Bonchev–Trinajstić information content (AvgIpc) is 2.40. The quantitative estimate of drug-likeness (QED) is 0.758. The molecule has 0 atom stereocenters. The van der Waals surface area contributed by atoms with Gasteiger partial charge < -0.3 is 10.4 Å². The first-order chi connectivity index (χ1) is 9.60. The van der Waals surface area contributed by atoms with Crippen molar-refractivity contribution in [3.63, 3.8) is 0 Å².